The normalized spacial score (nSPS) is 10.9. The molecule has 0 spiro atoms. The minimum absolute atomic E-state index is 0.0405. The fourth-order valence-corrected chi connectivity index (χ4v) is 3.08. The highest BCUT2D eigenvalue weighted by Gasteiger charge is 2.08. The molecule has 0 fully saturated rings. The van der Waals surface area contributed by atoms with Gasteiger partial charge in [0.1, 0.15) is 6.54 Å². The summed E-state index contributed by atoms with van der Waals surface area (Å²) in [5, 5.41) is 5.67. The fraction of sp³-hybridized carbons (Fsp3) is 0.0476. The number of nitrogens with one attached hydrogen (secondary N) is 1. The zero-order valence-electron chi connectivity index (χ0n) is 13.5. The number of rotatable bonds is 3. The first-order valence-electron chi connectivity index (χ1n) is 8.08. The molecule has 0 unspecified atom stereocenters. The van der Waals surface area contributed by atoms with Gasteiger partial charge in [-0.15, -0.1) is 0 Å². The molecular formula is C21H16N2O2. The van der Waals surface area contributed by atoms with E-state index in [1.165, 1.54) is 6.07 Å². The van der Waals surface area contributed by atoms with E-state index in [0.717, 1.165) is 22.0 Å². The number of pyridine rings is 1. The molecule has 0 aliphatic carbocycles. The summed E-state index contributed by atoms with van der Waals surface area (Å²) >= 11 is 0. The third-order valence-corrected chi connectivity index (χ3v) is 4.26. The Morgan fingerprint density at radius 3 is 2.44 bits per heavy atom. The molecule has 25 heavy (non-hydrogen) atoms. The van der Waals surface area contributed by atoms with Crippen LogP contribution < -0.4 is 10.7 Å². The molecule has 0 saturated carbocycles. The van der Waals surface area contributed by atoms with E-state index in [4.69, 9.17) is 0 Å². The second-order valence-electron chi connectivity index (χ2n) is 5.90. The molecule has 0 atom stereocenters. The Kier molecular flexibility index (Phi) is 3.78. The van der Waals surface area contributed by atoms with Crippen molar-refractivity contribution in [1.82, 2.24) is 4.57 Å². The molecular weight excluding hydrogens is 312 g/mol. The molecule has 4 rings (SSSR count). The van der Waals surface area contributed by atoms with Crippen molar-refractivity contribution in [3.05, 3.63) is 89.2 Å². The fourth-order valence-electron chi connectivity index (χ4n) is 3.08. The third kappa shape index (κ3) is 2.90. The van der Waals surface area contributed by atoms with Crippen LogP contribution in [0.15, 0.2) is 83.8 Å². The second kappa shape index (κ2) is 6.24. The summed E-state index contributed by atoms with van der Waals surface area (Å²) in [6, 6.07) is 22.6. The Labute approximate surface area is 144 Å². The first-order valence-corrected chi connectivity index (χ1v) is 8.08. The number of hydrogen-bond donors (Lipinski definition) is 1. The van der Waals surface area contributed by atoms with Crippen LogP contribution in [0.5, 0.6) is 0 Å². The van der Waals surface area contributed by atoms with E-state index >= 15 is 0 Å². The standard InChI is InChI=1S/C21H16N2O2/c24-20-12-13-23(19-11-4-3-9-17(19)20)14-21(25)22-18-10-5-7-15-6-1-2-8-16(15)18/h1-13H,14H2,(H,22,25). The molecule has 0 saturated heterocycles. The smallest absolute Gasteiger partial charge is 0.244 e. The Morgan fingerprint density at radius 1 is 0.840 bits per heavy atom. The lowest BCUT2D eigenvalue weighted by molar-refractivity contribution is -0.116. The van der Waals surface area contributed by atoms with Crippen molar-refractivity contribution in [3.63, 3.8) is 0 Å². The van der Waals surface area contributed by atoms with Crippen molar-refractivity contribution >= 4 is 33.3 Å². The van der Waals surface area contributed by atoms with Crippen LogP contribution in [0.3, 0.4) is 0 Å². The predicted molar refractivity (Wildman–Crippen MR) is 101 cm³/mol. The lowest BCUT2D eigenvalue weighted by Gasteiger charge is -2.12. The molecule has 1 N–H and O–H groups in total. The summed E-state index contributed by atoms with van der Waals surface area (Å²) in [6.07, 6.45) is 1.66. The monoisotopic (exact) mass is 328 g/mol. The number of carbonyl (C=O) groups is 1. The Bertz CT molecular complexity index is 1140. The Balaban J connectivity index is 1.65. The lowest BCUT2D eigenvalue weighted by Crippen LogP contribution is -2.20. The predicted octanol–water partition coefficient (Wildman–Crippen LogP) is 3.79. The average Bonchev–Trinajstić information content (AvgIpc) is 2.65. The maximum absolute atomic E-state index is 12.5. The molecule has 1 amide bonds. The molecule has 122 valence electrons. The summed E-state index contributed by atoms with van der Waals surface area (Å²) in [5.41, 5.74) is 1.50. The Morgan fingerprint density at radius 2 is 1.56 bits per heavy atom. The first kappa shape index (κ1) is 15.1. The topological polar surface area (TPSA) is 51.1 Å². The van der Waals surface area contributed by atoms with Crippen molar-refractivity contribution in [2.75, 3.05) is 5.32 Å². The van der Waals surface area contributed by atoms with Crippen LogP contribution in [0, 0.1) is 0 Å². The summed E-state index contributed by atoms with van der Waals surface area (Å²) < 4.78 is 1.79. The highest BCUT2D eigenvalue weighted by atomic mass is 16.2. The van der Waals surface area contributed by atoms with E-state index < -0.39 is 0 Å². The molecule has 4 nitrogen and oxygen atoms in total. The van der Waals surface area contributed by atoms with Crippen molar-refractivity contribution < 1.29 is 4.79 Å². The largest absolute Gasteiger partial charge is 0.338 e. The highest BCUT2D eigenvalue weighted by molar-refractivity contribution is 6.02. The van der Waals surface area contributed by atoms with Gasteiger partial charge in [-0.3, -0.25) is 9.59 Å². The van der Waals surface area contributed by atoms with E-state index in [2.05, 4.69) is 5.32 Å². The molecule has 1 aromatic heterocycles. The number of benzene rings is 3. The van der Waals surface area contributed by atoms with Gasteiger partial charge in [0.25, 0.3) is 0 Å². The van der Waals surface area contributed by atoms with Gasteiger partial charge in [0.2, 0.25) is 5.91 Å². The van der Waals surface area contributed by atoms with Crippen LogP contribution in [0.2, 0.25) is 0 Å². The summed E-state index contributed by atoms with van der Waals surface area (Å²) in [6.45, 7) is 0.143. The average molecular weight is 328 g/mol. The third-order valence-electron chi connectivity index (χ3n) is 4.26. The minimum atomic E-state index is -0.134. The SMILES string of the molecule is O=C(Cn1ccc(=O)c2ccccc21)Nc1cccc2ccccc12. The lowest BCUT2D eigenvalue weighted by atomic mass is 10.1. The van der Waals surface area contributed by atoms with Crippen molar-refractivity contribution in [1.29, 1.82) is 0 Å². The van der Waals surface area contributed by atoms with Crippen molar-refractivity contribution in [2.24, 2.45) is 0 Å². The van der Waals surface area contributed by atoms with Gasteiger partial charge in [0.15, 0.2) is 5.43 Å². The van der Waals surface area contributed by atoms with Gasteiger partial charge in [-0.1, -0.05) is 48.5 Å². The number of aromatic nitrogens is 1. The summed E-state index contributed by atoms with van der Waals surface area (Å²) in [7, 11) is 0. The van der Waals surface area contributed by atoms with Crippen LogP contribution in [-0.4, -0.2) is 10.5 Å². The first-order chi connectivity index (χ1) is 12.2. The van der Waals surface area contributed by atoms with Gasteiger partial charge < -0.3 is 9.88 Å². The second-order valence-corrected chi connectivity index (χ2v) is 5.90. The molecule has 1 heterocycles. The summed E-state index contributed by atoms with van der Waals surface area (Å²) in [5.74, 6) is -0.134. The van der Waals surface area contributed by atoms with Gasteiger partial charge in [-0.25, -0.2) is 0 Å². The van der Waals surface area contributed by atoms with E-state index in [-0.39, 0.29) is 17.9 Å². The van der Waals surface area contributed by atoms with Crippen molar-refractivity contribution in [2.45, 2.75) is 6.54 Å². The van der Waals surface area contributed by atoms with E-state index in [1.807, 2.05) is 60.7 Å². The number of anilines is 1. The zero-order chi connectivity index (χ0) is 17.2. The quantitative estimate of drug-likeness (QED) is 0.622. The summed E-state index contributed by atoms with van der Waals surface area (Å²) in [4.78, 5) is 24.5. The van der Waals surface area contributed by atoms with Crippen LogP contribution in [0.4, 0.5) is 5.69 Å². The number of hydrogen-bond acceptors (Lipinski definition) is 2. The van der Waals surface area contributed by atoms with Gasteiger partial charge in [0, 0.05) is 28.7 Å². The van der Waals surface area contributed by atoms with E-state index in [9.17, 15) is 9.59 Å². The molecule has 4 heteroatoms. The Hall–Kier alpha value is -3.40. The van der Waals surface area contributed by atoms with Gasteiger partial charge >= 0.3 is 0 Å². The van der Waals surface area contributed by atoms with Crippen molar-refractivity contribution in [3.8, 4) is 0 Å². The molecule has 0 radical (unpaired) electrons. The van der Waals surface area contributed by atoms with Crippen LogP contribution in [0.1, 0.15) is 0 Å². The number of nitrogens with zero attached hydrogens (tertiary/aromatic N) is 1. The number of carbonyl (C=O) groups excluding carboxylic acids is 1. The van der Waals surface area contributed by atoms with E-state index in [0.29, 0.717) is 5.39 Å². The van der Waals surface area contributed by atoms with Crippen LogP contribution >= 0.6 is 0 Å². The van der Waals surface area contributed by atoms with Gasteiger partial charge in [-0.05, 0) is 23.6 Å². The molecule has 4 aromatic rings. The maximum Gasteiger partial charge on any atom is 0.244 e. The molecule has 0 bridgehead atoms. The maximum atomic E-state index is 12.5. The zero-order valence-corrected chi connectivity index (χ0v) is 13.5. The molecule has 3 aromatic carbocycles. The van der Waals surface area contributed by atoms with Gasteiger partial charge in [0.05, 0.1) is 5.52 Å². The van der Waals surface area contributed by atoms with Gasteiger partial charge in [-0.2, -0.15) is 0 Å². The minimum Gasteiger partial charge on any atom is -0.338 e. The van der Waals surface area contributed by atoms with Crippen LogP contribution in [0.25, 0.3) is 21.7 Å². The molecule has 0 aliphatic heterocycles. The number of fused-ring (bicyclic) bond motifs is 2. The van der Waals surface area contributed by atoms with Crippen LogP contribution in [-0.2, 0) is 11.3 Å². The number of para-hydroxylation sites is 1. The molecule has 0 aliphatic rings. The highest BCUT2D eigenvalue weighted by Crippen LogP contribution is 2.23. The van der Waals surface area contributed by atoms with E-state index in [1.54, 1.807) is 16.8 Å². The number of amides is 1.